The number of hydrogen-bond acceptors (Lipinski definition) is 3. The van der Waals surface area contributed by atoms with Gasteiger partial charge in [-0.1, -0.05) is 19.1 Å². The maximum absolute atomic E-state index is 6.12. The topological polar surface area (TPSA) is 38.1 Å². The summed E-state index contributed by atoms with van der Waals surface area (Å²) in [6.45, 7) is 2.92. The molecule has 1 atom stereocenters. The number of benzene rings is 1. The molecule has 3 aromatic rings. The molecule has 1 N–H and O–H groups in total. The summed E-state index contributed by atoms with van der Waals surface area (Å²) in [4.78, 5) is 4.34. The van der Waals surface area contributed by atoms with Crippen LogP contribution in [0.5, 0.6) is 0 Å². The molecule has 3 rings (SSSR count). The molecule has 0 amide bonds. The van der Waals surface area contributed by atoms with Gasteiger partial charge in [0.05, 0.1) is 17.8 Å². The number of aromatic nitrogens is 1. The predicted molar refractivity (Wildman–Crippen MR) is 81.0 cm³/mol. The highest BCUT2D eigenvalue weighted by atomic mass is 35.5. The Morgan fingerprint density at radius 1 is 1.30 bits per heavy atom. The van der Waals surface area contributed by atoms with Gasteiger partial charge in [-0.15, -0.1) is 0 Å². The molecule has 0 aliphatic heterocycles. The van der Waals surface area contributed by atoms with Crippen molar-refractivity contribution in [3.63, 3.8) is 0 Å². The predicted octanol–water partition coefficient (Wildman–Crippen LogP) is 4.18. The summed E-state index contributed by atoms with van der Waals surface area (Å²) in [5.41, 5.74) is 3.09. The highest BCUT2D eigenvalue weighted by Gasteiger charge is 2.18. The van der Waals surface area contributed by atoms with Crippen LogP contribution in [0.15, 0.2) is 53.3 Å². The summed E-state index contributed by atoms with van der Waals surface area (Å²) in [5, 5.41) is 4.99. The summed E-state index contributed by atoms with van der Waals surface area (Å²) in [6, 6.07) is 12.2. The third-order valence-corrected chi connectivity index (χ3v) is 3.63. The first-order chi connectivity index (χ1) is 9.79. The van der Waals surface area contributed by atoms with Crippen LogP contribution in [0.2, 0.25) is 5.22 Å². The number of furan rings is 1. The summed E-state index contributed by atoms with van der Waals surface area (Å²) in [7, 11) is 0. The number of nitrogens with zero attached hydrogens (tertiary/aromatic N) is 1. The van der Waals surface area contributed by atoms with E-state index in [1.165, 1.54) is 0 Å². The largest absolute Gasteiger partial charge is 0.453 e. The Morgan fingerprint density at radius 2 is 2.20 bits per heavy atom. The fourth-order valence-corrected chi connectivity index (χ4v) is 2.62. The van der Waals surface area contributed by atoms with E-state index in [0.717, 1.165) is 28.6 Å². The zero-order valence-electron chi connectivity index (χ0n) is 11.1. The summed E-state index contributed by atoms with van der Waals surface area (Å²) < 4.78 is 5.21. The van der Waals surface area contributed by atoms with E-state index in [-0.39, 0.29) is 6.04 Å². The van der Waals surface area contributed by atoms with Gasteiger partial charge in [0.15, 0.2) is 5.22 Å². The van der Waals surface area contributed by atoms with Crippen molar-refractivity contribution < 1.29 is 4.42 Å². The number of fused-ring (bicyclic) bond motifs is 1. The Kier molecular flexibility index (Phi) is 3.72. The summed E-state index contributed by atoms with van der Waals surface area (Å²) >= 11 is 6.12. The van der Waals surface area contributed by atoms with Crippen molar-refractivity contribution in [3.8, 4) is 0 Å². The standard InChI is InChI=1S/C16H15ClN2O/c1-2-18-15(13-7-9-20-16(13)17)12-5-6-14-11(10-12)4-3-8-19-14/h3-10,15,18H,2H2,1H3. The van der Waals surface area contributed by atoms with Crippen LogP contribution >= 0.6 is 11.6 Å². The van der Waals surface area contributed by atoms with Crippen LogP contribution in [-0.4, -0.2) is 11.5 Å². The maximum atomic E-state index is 6.12. The van der Waals surface area contributed by atoms with Gasteiger partial charge in [0.2, 0.25) is 0 Å². The molecule has 0 aliphatic rings. The molecule has 0 aliphatic carbocycles. The van der Waals surface area contributed by atoms with Crippen LogP contribution in [0, 0.1) is 0 Å². The van der Waals surface area contributed by atoms with E-state index >= 15 is 0 Å². The summed E-state index contributed by atoms with van der Waals surface area (Å²) in [5.74, 6) is 0. The van der Waals surface area contributed by atoms with E-state index < -0.39 is 0 Å². The van der Waals surface area contributed by atoms with Crippen LogP contribution in [0.4, 0.5) is 0 Å². The van der Waals surface area contributed by atoms with Gasteiger partial charge >= 0.3 is 0 Å². The van der Waals surface area contributed by atoms with E-state index in [1.807, 2.05) is 18.2 Å². The second kappa shape index (κ2) is 5.65. The van der Waals surface area contributed by atoms with Gasteiger partial charge in [-0.05, 0) is 48.0 Å². The van der Waals surface area contributed by atoms with E-state index in [2.05, 4.69) is 35.4 Å². The van der Waals surface area contributed by atoms with Gasteiger partial charge in [-0.25, -0.2) is 0 Å². The van der Waals surface area contributed by atoms with Gasteiger partial charge in [0, 0.05) is 17.1 Å². The molecular formula is C16H15ClN2O. The first-order valence-corrected chi connectivity index (χ1v) is 6.98. The highest BCUT2D eigenvalue weighted by molar-refractivity contribution is 6.29. The molecule has 1 unspecified atom stereocenters. The van der Waals surface area contributed by atoms with Crippen molar-refractivity contribution in [2.45, 2.75) is 13.0 Å². The van der Waals surface area contributed by atoms with Crippen molar-refractivity contribution in [1.29, 1.82) is 0 Å². The monoisotopic (exact) mass is 286 g/mol. The lowest BCUT2D eigenvalue weighted by molar-refractivity contribution is 0.555. The molecule has 2 heterocycles. The zero-order valence-corrected chi connectivity index (χ0v) is 11.9. The summed E-state index contributed by atoms with van der Waals surface area (Å²) in [6.07, 6.45) is 3.42. The molecule has 20 heavy (non-hydrogen) atoms. The minimum atomic E-state index is 0.0239. The molecule has 2 aromatic heterocycles. The first-order valence-electron chi connectivity index (χ1n) is 6.60. The average molecular weight is 287 g/mol. The Morgan fingerprint density at radius 3 is 2.95 bits per heavy atom. The quantitative estimate of drug-likeness (QED) is 0.782. The van der Waals surface area contributed by atoms with Crippen molar-refractivity contribution >= 4 is 22.5 Å². The normalized spacial score (nSPS) is 12.7. The number of hydrogen-bond donors (Lipinski definition) is 1. The van der Waals surface area contributed by atoms with E-state index in [1.54, 1.807) is 12.5 Å². The average Bonchev–Trinajstić information content (AvgIpc) is 2.90. The smallest absolute Gasteiger partial charge is 0.198 e. The van der Waals surface area contributed by atoms with Gasteiger partial charge < -0.3 is 9.73 Å². The Balaban J connectivity index is 2.07. The highest BCUT2D eigenvalue weighted by Crippen LogP contribution is 2.30. The molecule has 1 aromatic carbocycles. The zero-order chi connectivity index (χ0) is 13.9. The lowest BCUT2D eigenvalue weighted by Gasteiger charge is -2.18. The molecule has 3 nitrogen and oxygen atoms in total. The third kappa shape index (κ3) is 2.42. The van der Waals surface area contributed by atoms with Gasteiger partial charge in [0.25, 0.3) is 0 Å². The molecule has 0 fully saturated rings. The first kappa shape index (κ1) is 13.2. The molecular weight excluding hydrogens is 272 g/mol. The minimum absolute atomic E-state index is 0.0239. The number of rotatable bonds is 4. The molecule has 0 saturated carbocycles. The van der Waals surface area contributed by atoms with Crippen molar-refractivity contribution in [2.24, 2.45) is 0 Å². The van der Waals surface area contributed by atoms with Gasteiger partial charge in [0.1, 0.15) is 0 Å². The van der Waals surface area contributed by atoms with Crippen LogP contribution in [0.1, 0.15) is 24.1 Å². The fraction of sp³-hybridized carbons (Fsp3) is 0.188. The fourth-order valence-electron chi connectivity index (χ4n) is 2.40. The van der Waals surface area contributed by atoms with E-state index in [0.29, 0.717) is 5.22 Å². The SMILES string of the molecule is CCNC(c1ccc2ncccc2c1)c1ccoc1Cl. The molecule has 0 radical (unpaired) electrons. The third-order valence-electron chi connectivity index (χ3n) is 3.33. The van der Waals surface area contributed by atoms with Gasteiger partial charge in [-0.2, -0.15) is 0 Å². The Hall–Kier alpha value is -1.84. The van der Waals surface area contributed by atoms with Crippen LogP contribution in [0.25, 0.3) is 10.9 Å². The van der Waals surface area contributed by atoms with Crippen LogP contribution in [-0.2, 0) is 0 Å². The van der Waals surface area contributed by atoms with Crippen LogP contribution < -0.4 is 5.32 Å². The Bertz CT molecular complexity index is 723. The van der Waals surface area contributed by atoms with Crippen molar-refractivity contribution in [2.75, 3.05) is 6.54 Å². The molecule has 102 valence electrons. The second-order valence-corrected chi connectivity index (χ2v) is 4.94. The molecule has 4 heteroatoms. The lowest BCUT2D eigenvalue weighted by Crippen LogP contribution is -2.21. The van der Waals surface area contributed by atoms with Crippen LogP contribution in [0.3, 0.4) is 0 Å². The van der Waals surface area contributed by atoms with E-state index in [9.17, 15) is 0 Å². The number of pyridine rings is 1. The minimum Gasteiger partial charge on any atom is -0.453 e. The number of nitrogens with one attached hydrogen (secondary N) is 1. The van der Waals surface area contributed by atoms with E-state index in [4.69, 9.17) is 16.0 Å². The molecule has 0 bridgehead atoms. The number of halogens is 1. The second-order valence-electron chi connectivity index (χ2n) is 4.60. The lowest BCUT2D eigenvalue weighted by atomic mass is 9.99. The Labute approximate surface area is 122 Å². The van der Waals surface area contributed by atoms with Crippen molar-refractivity contribution in [1.82, 2.24) is 10.3 Å². The molecule has 0 saturated heterocycles. The molecule has 0 spiro atoms. The van der Waals surface area contributed by atoms with Crippen molar-refractivity contribution in [3.05, 3.63) is 65.2 Å². The van der Waals surface area contributed by atoms with Gasteiger partial charge in [-0.3, -0.25) is 4.98 Å². The maximum Gasteiger partial charge on any atom is 0.198 e.